The molecule has 7 nitrogen and oxygen atoms in total. The Morgan fingerprint density at radius 3 is 2.95 bits per heavy atom. The van der Waals surface area contributed by atoms with Crippen molar-refractivity contribution in [2.75, 3.05) is 48.5 Å². The van der Waals surface area contributed by atoms with E-state index in [0.29, 0.717) is 5.95 Å². The monoisotopic (exact) mass is 297 g/mol. The minimum absolute atomic E-state index is 0.00604. The van der Waals surface area contributed by atoms with E-state index in [9.17, 15) is 8.42 Å². The fourth-order valence-electron chi connectivity index (χ4n) is 2.87. The van der Waals surface area contributed by atoms with Crippen molar-refractivity contribution in [3.8, 4) is 0 Å². The molecule has 0 aromatic carbocycles. The number of hydrogen-bond acceptors (Lipinski definition) is 7. The van der Waals surface area contributed by atoms with Crippen molar-refractivity contribution >= 4 is 21.6 Å². The van der Waals surface area contributed by atoms with Crippen LogP contribution in [0.4, 0.5) is 11.8 Å². The summed E-state index contributed by atoms with van der Waals surface area (Å²) in [6.07, 6.45) is 1.72. The number of sulfone groups is 1. The van der Waals surface area contributed by atoms with Gasteiger partial charge in [0.2, 0.25) is 5.95 Å². The minimum Gasteiger partial charge on any atom is -0.350 e. The molecular formula is C12H19N5O2S. The van der Waals surface area contributed by atoms with E-state index in [1.165, 1.54) is 0 Å². The number of aromatic nitrogens is 2. The van der Waals surface area contributed by atoms with Gasteiger partial charge in [0, 0.05) is 39.4 Å². The highest BCUT2D eigenvalue weighted by atomic mass is 32.2. The second-order valence-corrected chi connectivity index (χ2v) is 7.66. The van der Waals surface area contributed by atoms with Crippen molar-refractivity contribution in [1.29, 1.82) is 0 Å². The molecule has 3 rings (SSSR count). The van der Waals surface area contributed by atoms with Gasteiger partial charge in [-0.25, -0.2) is 13.4 Å². The average Bonchev–Trinajstić information content (AvgIpc) is 2.72. The molecule has 2 aliphatic heterocycles. The molecule has 20 heavy (non-hydrogen) atoms. The van der Waals surface area contributed by atoms with Crippen LogP contribution in [0.25, 0.3) is 0 Å². The van der Waals surface area contributed by atoms with Crippen LogP contribution in [0.5, 0.6) is 0 Å². The van der Waals surface area contributed by atoms with Gasteiger partial charge in [0.25, 0.3) is 0 Å². The maximum Gasteiger partial charge on any atom is 0.226 e. The predicted octanol–water partition coefficient (Wildman–Crippen LogP) is -0.882. The smallest absolute Gasteiger partial charge is 0.226 e. The van der Waals surface area contributed by atoms with E-state index in [2.05, 4.69) is 20.2 Å². The fraction of sp³-hybridized carbons (Fsp3) is 0.667. The zero-order valence-corrected chi connectivity index (χ0v) is 12.5. The molecule has 110 valence electrons. The van der Waals surface area contributed by atoms with Crippen LogP contribution in [0.1, 0.15) is 0 Å². The third-order valence-electron chi connectivity index (χ3n) is 3.80. The molecule has 0 aliphatic carbocycles. The lowest BCUT2D eigenvalue weighted by atomic mass is 10.1. The van der Waals surface area contributed by atoms with Gasteiger partial charge in [-0.05, 0) is 6.07 Å². The molecule has 2 saturated heterocycles. The van der Waals surface area contributed by atoms with Crippen LogP contribution in [0.15, 0.2) is 12.3 Å². The molecule has 1 aromatic rings. The lowest BCUT2D eigenvalue weighted by Crippen LogP contribution is -2.57. The highest BCUT2D eigenvalue weighted by molar-refractivity contribution is 7.91. The highest BCUT2D eigenvalue weighted by Gasteiger charge is 2.43. The Bertz CT molecular complexity index is 604. The van der Waals surface area contributed by atoms with E-state index >= 15 is 0 Å². The fourth-order valence-corrected chi connectivity index (χ4v) is 4.82. The molecule has 0 unspecified atom stereocenters. The summed E-state index contributed by atoms with van der Waals surface area (Å²) in [5.41, 5.74) is 0. The molecule has 0 bridgehead atoms. The summed E-state index contributed by atoms with van der Waals surface area (Å²) < 4.78 is 23.7. The summed E-state index contributed by atoms with van der Waals surface area (Å²) >= 11 is 0. The SMILES string of the molecule is CN(C)c1nccc(N2CCN[C@@H]3CS(=O)(=O)C[C@@H]32)n1. The molecule has 0 spiro atoms. The second-order valence-electron chi connectivity index (χ2n) is 5.51. The molecule has 0 amide bonds. The maximum absolute atomic E-state index is 11.8. The van der Waals surface area contributed by atoms with Gasteiger partial charge in [0.1, 0.15) is 5.82 Å². The quantitative estimate of drug-likeness (QED) is 0.759. The maximum atomic E-state index is 11.8. The Labute approximate surface area is 118 Å². The van der Waals surface area contributed by atoms with E-state index in [0.717, 1.165) is 18.9 Å². The summed E-state index contributed by atoms with van der Waals surface area (Å²) in [6.45, 7) is 1.54. The average molecular weight is 297 g/mol. The van der Waals surface area contributed by atoms with Gasteiger partial charge in [-0.3, -0.25) is 0 Å². The molecule has 2 aliphatic rings. The van der Waals surface area contributed by atoms with Crippen molar-refractivity contribution in [3.63, 3.8) is 0 Å². The van der Waals surface area contributed by atoms with Crippen molar-refractivity contribution in [1.82, 2.24) is 15.3 Å². The molecule has 2 atom stereocenters. The number of anilines is 2. The molecule has 3 heterocycles. The summed E-state index contributed by atoms with van der Waals surface area (Å²) in [4.78, 5) is 12.7. The lowest BCUT2D eigenvalue weighted by Gasteiger charge is -2.38. The third kappa shape index (κ3) is 2.45. The second kappa shape index (κ2) is 4.85. The number of piperazine rings is 1. The van der Waals surface area contributed by atoms with Crippen molar-refractivity contribution in [2.45, 2.75) is 12.1 Å². The van der Waals surface area contributed by atoms with Crippen LogP contribution >= 0.6 is 0 Å². The predicted molar refractivity (Wildman–Crippen MR) is 77.9 cm³/mol. The third-order valence-corrected chi connectivity index (χ3v) is 5.52. The normalized spacial score (nSPS) is 28.2. The van der Waals surface area contributed by atoms with E-state index in [4.69, 9.17) is 0 Å². The van der Waals surface area contributed by atoms with Crippen molar-refractivity contribution in [3.05, 3.63) is 12.3 Å². The van der Waals surface area contributed by atoms with Crippen molar-refractivity contribution in [2.24, 2.45) is 0 Å². The summed E-state index contributed by atoms with van der Waals surface area (Å²) in [5, 5.41) is 3.30. The Balaban J connectivity index is 1.91. The van der Waals surface area contributed by atoms with E-state index in [-0.39, 0.29) is 23.6 Å². The number of rotatable bonds is 2. The van der Waals surface area contributed by atoms with Crippen LogP contribution in [0.2, 0.25) is 0 Å². The van der Waals surface area contributed by atoms with E-state index in [1.54, 1.807) is 6.20 Å². The van der Waals surface area contributed by atoms with Crippen LogP contribution in [-0.2, 0) is 9.84 Å². The standard InChI is InChI=1S/C12H19N5O2S/c1-16(2)12-14-4-3-11(15-12)17-6-5-13-9-7-20(18,19)8-10(9)17/h3-4,9-10,13H,5-8H2,1-2H3/t9-,10+/m1/s1. The number of nitrogens with zero attached hydrogens (tertiary/aromatic N) is 4. The van der Waals surface area contributed by atoms with Crippen LogP contribution < -0.4 is 15.1 Å². The first-order valence-corrected chi connectivity index (χ1v) is 8.49. The van der Waals surface area contributed by atoms with E-state index < -0.39 is 9.84 Å². The Kier molecular flexibility index (Phi) is 3.29. The Hall–Kier alpha value is -1.41. The molecular weight excluding hydrogens is 278 g/mol. The van der Waals surface area contributed by atoms with Gasteiger partial charge in [0.05, 0.1) is 17.5 Å². The van der Waals surface area contributed by atoms with Gasteiger partial charge < -0.3 is 15.1 Å². The van der Waals surface area contributed by atoms with E-state index in [1.807, 2.05) is 25.1 Å². The summed E-state index contributed by atoms with van der Waals surface area (Å²) in [6, 6.07) is 1.82. The lowest BCUT2D eigenvalue weighted by molar-refractivity contribution is 0.422. The summed E-state index contributed by atoms with van der Waals surface area (Å²) in [5.74, 6) is 1.86. The van der Waals surface area contributed by atoms with Gasteiger partial charge in [-0.2, -0.15) is 4.98 Å². The molecule has 0 radical (unpaired) electrons. The van der Waals surface area contributed by atoms with Crippen LogP contribution in [-0.4, -0.2) is 69.2 Å². The first-order valence-electron chi connectivity index (χ1n) is 6.67. The Morgan fingerprint density at radius 1 is 1.40 bits per heavy atom. The molecule has 1 aromatic heterocycles. The first-order chi connectivity index (χ1) is 9.46. The van der Waals surface area contributed by atoms with Gasteiger partial charge in [-0.1, -0.05) is 0 Å². The topological polar surface area (TPSA) is 78.4 Å². The van der Waals surface area contributed by atoms with Gasteiger partial charge >= 0.3 is 0 Å². The van der Waals surface area contributed by atoms with Crippen LogP contribution in [0.3, 0.4) is 0 Å². The first kappa shape index (κ1) is 13.6. The highest BCUT2D eigenvalue weighted by Crippen LogP contribution is 2.26. The Morgan fingerprint density at radius 2 is 2.20 bits per heavy atom. The molecule has 1 N–H and O–H groups in total. The largest absolute Gasteiger partial charge is 0.350 e. The number of fused-ring (bicyclic) bond motifs is 1. The van der Waals surface area contributed by atoms with Crippen molar-refractivity contribution < 1.29 is 8.42 Å². The molecule has 8 heteroatoms. The van der Waals surface area contributed by atoms with Gasteiger partial charge in [-0.15, -0.1) is 0 Å². The number of hydrogen-bond donors (Lipinski definition) is 1. The minimum atomic E-state index is -2.95. The molecule has 2 fully saturated rings. The van der Waals surface area contributed by atoms with Gasteiger partial charge in [0.15, 0.2) is 9.84 Å². The zero-order chi connectivity index (χ0) is 14.3. The van der Waals surface area contributed by atoms with Crippen LogP contribution in [0, 0.1) is 0 Å². The zero-order valence-electron chi connectivity index (χ0n) is 11.7. The number of nitrogens with one attached hydrogen (secondary N) is 1. The summed E-state index contributed by atoms with van der Waals surface area (Å²) in [7, 11) is 0.823. The molecule has 0 saturated carbocycles.